The first kappa shape index (κ1) is 11.9. The molecule has 4 nitrogen and oxygen atoms in total. The normalized spacial score (nSPS) is 31.6. The molecule has 0 aliphatic heterocycles. The Bertz CT molecular complexity index is 416. The van der Waals surface area contributed by atoms with Crippen molar-refractivity contribution >= 4 is 5.82 Å². The predicted molar refractivity (Wildman–Crippen MR) is 72.2 cm³/mol. The Kier molecular flexibility index (Phi) is 3.20. The number of nitrogens with zero attached hydrogens (tertiary/aromatic N) is 2. The molecule has 1 aromatic rings. The van der Waals surface area contributed by atoms with Crippen LogP contribution in [0.3, 0.4) is 0 Å². The van der Waals surface area contributed by atoms with Crippen LogP contribution in [-0.2, 0) is 0 Å². The fourth-order valence-corrected chi connectivity index (χ4v) is 3.24. The predicted octanol–water partition coefficient (Wildman–Crippen LogP) is 1.96. The van der Waals surface area contributed by atoms with Crippen molar-refractivity contribution in [1.82, 2.24) is 9.97 Å². The molecule has 0 saturated heterocycles. The number of hydrogen-bond donors (Lipinski definition) is 2. The van der Waals surface area contributed by atoms with Gasteiger partial charge in [0.15, 0.2) is 0 Å². The first-order valence-electron chi connectivity index (χ1n) is 7.02. The van der Waals surface area contributed by atoms with Crippen molar-refractivity contribution in [3.63, 3.8) is 0 Å². The fraction of sp³-hybridized carbons (Fsp3) is 0.714. The molecular formula is C14H22N4. The molecule has 3 atom stereocenters. The van der Waals surface area contributed by atoms with E-state index in [4.69, 9.17) is 5.73 Å². The van der Waals surface area contributed by atoms with Gasteiger partial charge in [-0.05, 0) is 50.4 Å². The summed E-state index contributed by atoms with van der Waals surface area (Å²) < 4.78 is 0. The largest absolute Gasteiger partial charge is 0.370 e. The van der Waals surface area contributed by atoms with Gasteiger partial charge in [-0.2, -0.15) is 0 Å². The molecule has 4 heteroatoms. The highest BCUT2D eigenvalue weighted by atomic mass is 15.0. The molecule has 2 aliphatic rings. The van der Waals surface area contributed by atoms with Crippen LogP contribution in [0.2, 0.25) is 0 Å². The number of hydrogen-bond acceptors (Lipinski definition) is 4. The molecule has 98 valence electrons. The average molecular weight is 246 g/mol. The Morgan fingerprint density at radius 3 is 2.83 bits per heavy atom. The molecule has 0 aromatic carbocycles. The van der Waals surface area contributed by atoms with E-state index in [-0.39, 0.29) is 0 Å². The Balaban J connectivity index is 1.54. The van der Waals surface area contributed by atoms with Crippen molar-refractivity contribution in [2.24, 2.45) is 23.5 Å². The third-order valence-electron chi connectivity index (χ3n) is 4.49. The van der Waals surface area contributed by atoms with E-state index in [2.05, 4.69) is 15.3 Å². The van der Waals surface area contributed by atoms with Gasteiger partial charge >= 0.3 is 0 Å². The molecular weight excluding hydrogens is 224 g/mol. The van der Waals surface area contributed by atoms with Crippen LogP contribution in [0, 0.1) is 24.7 Å². The maximum Gasteiger partial charge on any atom is 0.129 e. The van der Waals surface area contributed by atoms with Gasteiger partial charge < -0.3 is 11.1 Å². The zero-order valence-corrected chi connectivity index (χ0v) is 11.0. The molecule has 0 amide bonds. The molecule has 0 unspecified atom stereocenters. The van der Waals surface area contributed by atoms with Crippen molar-refractivity contribution in [3.8, 4) is 0 Å². The third kappa shape index (κ3) is 2.48. The van der Waals surface area contributed by atoms with E-state index in [0.717, 1.165) is 29.9 Å². The fourth-order valence-electron chi connectivity index (χ4n) is 3.24. The topological polar surface area (TPSA) is 63.8 Å². The lowest BCUT2D eigenvalue weighted by Gasteiger charge is -2.21. The highest BCUT2D eigenvalue weighted by Gasteiger charge is 2.42. The molecule has 1 heterocycles. The van der Waals surface area contributed by atoms with E-state index in [0.29, 0.717) is 12.0 Å². The molecule has 0 bridgehead atoms. The Morgan fingerprint density at radius 2 is 2.11 bits per heavy atom. The quantitative estimate of drug-likeness (QED) is 0.852. The van der Waals surface area contributed by atoms with Gasteiger partial charge in [-0.1, -0.05) is 0 Å². The molecule has 2 saturated carbocycles. The van der Waals surface area contributed by atoms with Crippen LogP contribution in [0.25, 0.3) is 0 Å². The summed E-state index contributed by atoms with van der Waals surface area (Å²) in [6.07, 6.45) is 7.01. The third-order valence-corrected chi connectivity index (χ3v) is 4.49. The first-order chi connectivity index (χ1) is 8.74. The summed E-state index contributed by atoms with van der Waals surface area (Å²) in [7, 11) is 0. The molecule has 3 rings (SSSR count). The highest BCUT2D eigenvalue weighted by Crippen LogP contribution is 2.46. The van der Waals surface area contributed by atoms with E-state index in [9.17, 15) is 0 Å². The van der Waals surface area contributed by atoms with E-state index in [1.165, 1.54) is 25.7 Å². The van der Waals surface area contributed by atoms with E-state index in [1.807, 2.05) is 13.0 Å². The minimum Gasteiger partial charge on any atom is -0.370 e. The molecule has 2 aliphatic carbocycles. The van der Waals surface area contributed by atoms with Crippen molar-refractivity contribution in [1.29, 1.82) is 0 Å². The van der Waals surface area contributed by atoms with Gasteiger partial charge in [0.2, 0.25) is 0 Å². The SMILES string of the molecule is Cc1cc(NC[C@@H]2CC[C@H](C3CC3)[C@H]2N)ncn1. The first-order valence-corrected chi connectivity index (χ1v) is 7.02. The van der Waals surface area contributed by atoms with Crippen LogP contribution in [0.5, 0.6) is 0 Å². The number of nitrogens with two attached hydrogens (primary N) is 1. The van der Waals surface area contributed by atoms with E-state index in [1.54, 1.807) is 6.33 Å². The number of rotatable bonds is 4. The Morgan fingerprint density at radius 1 is 1.28 bits per heavy atom. The molecule has 0 radical (unpaired) electrons. The second kappa shape index (κ2) is 4.84. The number of nitrogens with one attached hydrogen (secondary N) is 1. The lowest BCUT2D eigenvalue weighted by atomic mass is 9.94. The van der Waals surface area contributed by atoms with Crippen LogP contribution in [0.1, 0.15) is 31.4 Å². The van der Waals surface area contributed by atoms with Crippen LogP contribution < -0.4 is 11.1 Å². The molecule has 3 N–H and O–H groups in total. The Hall–Kier alpha value is -1.16. The lowest BCUT2D eigenvalue weighted by Crippen LogP contribution is -2.35. The van der Waals surface area contributed by atoms with Gasteiger partial charge in [-0.3, -0.25) is 0 Å². The molecule has 0 spiro atoms. The summed E-state index contributed by atoms with van der Waals surface area (Å²) in [5, 5.41) is 3.41. The van der Waals surface area contributed by atoms with Gasteiger partial charge in [-0.25, -0.2) is 9.97 Å². The van der Waals surface area contributed by atoms with Gasteiger partial charge in [0.25, 0.3) is 0 Å². The van der Waals surface area contributed by atoms with Crippen LogP contribution in [0.15, 0.2) is 12.4 Å². The van der Waals surface area contributed by atoms with Crippen LogP contribution in [-0.4, -0.2) is 22.6 Å². The highest BCUT2D eigenvalue weighted by molar-refractivity contribution is 5.34. The van der Waals surface area contributed by atoms with Crippen LogP contribution in [0.4, 0.5) is 5.82 Å². The smallest absolute Gasteiger partial charge is 0.129 e. The van der Waals surface area contributed by atoms with Crippen LogP contribution >= 0.6 is 0 Å². The number of anilines is 1. The molecule has 18 heavy (non-hydrogen) atoms. The summed E-state index contributed by atoms with van der Waals surface area (Å²) in [5.74, 6) is 3.24. The summed E-state index contributed by atoms with van der Waals surface area (Å²) in [4.78, 5) is 8.33. The zero-order valence-electron chi connectivity index (χ0n) is 11.0. The second-order valence-electron chi connectivity index (χ2n) is 5.84. The van der Waals surface area contributed by atoms with Crippen molar-refractivity contribution in [3.05, 3.63) is 18.1 Å². The summed E-state index contributed by atoms with van der Waals surface area (Å²) >= 11 is 0. The summed E-state index contributed by atoms with van der Waals surface area (Å²) in [5.41, 5.74) is 7.38. The second-order valence-corrected chi connectivity index (χ2v) is 5.84. The van der Waals surface area contributed by atoms with Crippen molar-refractivity contribution in [2.45, 2.75) is 38.6 Å². The summed E-state index contributed by atoms with van der Waals surface area (Å²) in [6.45, 7) is 2.93. The maximum absolute atomic E-state index is 6.39. The van der Waals surface area contributed by atoms with Crippen molar-refractivity contribution in [2.75, 3.05) is 11.9 Å². The van der Waals surface area contributed by atoms with Gasteiger partial charge in [0.1, 0.15) is 12.1 Å². The minimum absolute atomic E-state index is 0.382. The zero-order chi connectivity index (χ0) is 12.5. The standard InChI is InChI=1S/C14H22N4/c1-9-6-13(18-8-17-9)16-7-11-4-5-12(14(11)15)10-2-3-10/h6,8,10-12,14H,2-5,7,15H2,1H3,(H,16,17,18)/t11-,12+,14-/m0/s1. The maximum atomic E-state index is 6.39. The number of aryl methyl sites for hydroxylation is 1. The van der Waals surface area contributed by atoms with Crippen molar-refractivity contribution < 1.29 is 0 Å². The number of aromatic nitrogens is 2. The summed E-state index contributed by atoms with van der Waals surface area (Å²) in [6, 6.07) is 2.37. The minimum atomic E-state index is 0.382. The van der Waals surface area contributed by atoms with E-state index < -0.39 is 0 Å². The van der Waals surface area contributed by atoms with E-state index >= 15 is 0 Å². The average Bonchev–Trinajstić information content (AvgIpc) is 3.12. The lowest BCUT2D eigenvalue weighted by molar-refractivity contribution is 0.383. The van der Waals surface area contributed by atoms with Gasteiger partial charge in [0, 0.05) is 24.3 Å². The molecule has 2 fully saturated rings. The Labute approximate surface area is 108 Å². The monoisotopic (exact) mass is 246 g/mol. The van der Waals surface area contributed by atoms with Gasteiger partial charge in [-0.15, -0.1) is 0 Å². The molecule has 1 aromatic heterocycles. The van der Waals surface area contributed by atoms with Gasteiger partial charge in [0.05, 0.1) is 0 Å².